The molecule has 0 bridgehead atoms. The molecule has 2 atom stereocenters. The zero-order valence-corrected chi connectivity index (χ0v) is 11.0. The van der Waals surface area contributed by atoms with Gasteiger partial charge in [-0.2, -0.15) is 0 Å². The van der Waals surface area contributed by atoms with Gasteiger partial charge in [0, 0.05) is 17.5 Å². The normalized spacial score (nSPS) is 22.5. The van der Waals surface area contributed by atoms with E-state index in [4.69, 9.17) is 10.6 Å². The molecule has 0 saturated carbocycles. The van der Waals surface area contributed by atoms with Gasteiger partial charge in [-0.25, -0.2) is 0 Å². The van der Waals surface area contributed by atoms with Crippen LogP contribution in [0.15, 0.2) is 17.5 Å². The average molecular weight is 254 g/mol. The molecule has 0 aromatic carbocycles. The fourth-order valence-corrected chi connectivity index (χ4v) is 3.08. The molecular weight excluding hydrogens is 232 g/mol. The number of hydrazine groups is 1. The van der Waals surface area contributed by atoms with Crippen LogP contribution < -0.4 is 11.3 Å². The minimum atomic E-state index is 0.375. The fraction of sp³-hybridized carbons (Fsp3) is 0.692. The maximum absolute atomic E-state index is 5.75. The van der Waals surface area contributed by atoms with Gasteiger partial charge >= 0.3 is 0 Å². The quantitative estimate of drug-likeness (QED) is 0.605. The molecule has 96 valence electrons. The number of rotatable bonds is 6. The Morgan fingerprint density at radius 2 is 2.47 bits per heavy atom. The lowest BCUT2D eigenvalue weighted by molar-refractivity contribution is 0.00473. The Balaban J connectivity index is 1.72. The van der Waals surface area contributed by atoms with Crippen molar-refractivity contribution in [2.24, 2.45) is 5.84 Å². The van der Waals surface area contributed by atoms with Crippen molar-refractivity contribution in [1.29, 1.82) is 0 Å². The zero-order valence-electron chi connectivity index (χ0n) is 10.2. The van der Waals surface area contributed by atoms with Crippen molar-refractivity contribution >= 4 is 11.3 Å². The van der Waals surface area contributed by atoms with Crippen LogP contribution in [0.2, 0.25) is 0 Å². The van der Waals surface area contributed by atoms with E-state index in [1.54, 1.807) is 0 Å². The standard InChI is InChI=1S/C13H22N2OS/c14-15-11(6-7-13-5-3-9-17-13)10-12-4-1-2-8-16-12/h3,5,9,11-12,15H,1-2,4,6-8,10,14H2. The van der Waals surface area contributed by atoms with Crippen molar-refractivity contribution in [3.05, 3.63) is 22.4 Å². The first-order valence-corrected chi connectivity index (χ1v) is 7.36. The van der Waals surface area contributed by atoms with E-state index in [0.29, 0.717) is 12.1 Å². The summed E-state index contributed by atoms with van der Waals surface area (Å²) in [6.45, 7) is 0.923. The SMILES string of the molecule is NNC(CCc1cccs1)CC1CCCCO1. The Labute approximate surface area is 107 Å². The molecule has 3 nitrogen and oxygen atoms in total. The number of ether oxygens (including phenoxy) is 1. The molecule has 0 amide bonds. The Morgan fingerprint density at radius 1 is 1.53 bits per heavy atom. The smallest absolute Gasteiger partial charge is 0.0590 e. The Kier molecular flexibility index (Phi) is 5.45. The summed E-state index contributed by atoms with van der Waals surface area (Å²) in [6.07, 6.45) is 7.36. The summed E-state index contributed by atoms with van der Waals surface area (Å²) in [5.41, 5.74) is 2.94. The van der Waals surface area contributed by atoms with Gasteiger partial charge in [0.15, 0.2) is 0 Å². The van der Waals surface area contributed by atoms with E-state index < -0.39 is 0 Å². The molecule has 1 aliphatic heterocycles. The van der Waals surface area contributed by atoms with Crippen LogP contribution in [0.25, 0.3) is 0 Å². The number of thiophene rings is 1. The van der Waals surface area contributed by atoms with Crippen LogP contribution in [0, 0.1) is 0 Å². The maximum atomic E-state index is 5.75. The molecule has 2 unspecified atom stereocenters. The lowest BCUT2D eigenvalue weighted by Crippen LogP contribution is -2.39. The summed E-state index contributed by atoms with van der Waals surface area (Å²) in [5.74, 6) is 5.63. The summed E-state index contributed by atoms with van der Waals surface area (Å²) in [7, 11) is 0. The molecule has 17 heavy (non-hydrogen) atoms. The molecule has 0 aliphatic carbocycles. The van der Waals surface area contributed by atoms with E-state index in [1.165, 1.54) is 24.1 Å². The minimum absolute atomic E-state index is 0.375. The van der Waals surface area contributed by atoms with Crippen LogP contribution in [0.3, 0.4) is 0 Å². The van der Waals surface area contributed by atoms with Gasteiger partial charge in [-0.05, 0) is 50.0 Å². The second-order valence-electron chi connectivity index (χ2n) is 4.71. The average Bonchev–Trinajstić information content (AvgIpc) is 2.89. The third-order valence-electron chi connectivity index (χ3n) is 3.38. The molecule has 3 N–H and O–H groups in total. The Hall–Kier alpha value is -0.420. The highest BCUT2D eigenvalue weighted by Gasteiger charge is 2.18. The number of nitrogens with two attached hydrogens (primary N) is 1. The molecule has 1 aliphatic rings. The van der Waals surface area contributed by atoms with Gasteiger partial charge in [0.25, 0.3) is 0 Å². The Bertz CT molecular complexity index is 296. The summed E-state index contributed by atoms with van der Waals surface area (Å²) in [4.78, 5) is 1.44. The van der Waals surface area contributed by atoms with E-state index in [9.17, 15) is 0 Å². The molecule has 1 fully saturated rings. The van der Waals surface area contributed by atoms with Crippen LogP contribution in [0.5, 0.6) is 0 Å². The molecule has 0 radical (unpaired) electrons. The van der Waals surface area contributed by atoms with Crippen LogP contribution >= 0.6 is 11.3 Å². The van der Waals surface area contributed by atoms with Crippen molar-refractivity contribution in [3.8, 4) is 0 Å². The lowest BCUT2D eigenvalue weighted by Gasteiger charge is -2.26. The predicted molar refractivity (Wildman–Crippen MR) is 72.0 cm³/mol. The lowest BCUT2D eigenvalue weighted by atomic mass is 9.99. The Morgan fingerprint density at radius 3 is 3.12 bits per heavy atom. The van der Waals surface area contributed by atoms with Gasteiger partial charge in [-0.3, -0.25) is 11.3 Å². The van der Waals surface area contributed by atoms with E-state index >= 15 is 0 Å². The molecular formula is C13H22N2OS. The number of aryl methyl sites for hydroxylation is 1. The van der Waals surface area contributed by atoms with E-state index in [2.05, 4.69) is 22.9 Å². The van der Waals surface area contributed by atoms with Crippen LogP contribution in [0.4, 0.5) is 0 Å². The van der Waals surface area contributed by atoms with Gasteiger partial charge in [0.1, 0.15) is 0 Å². The largest absolute Gasteiger partial charge is 0.378 e. The molecule has 1 aromatic heterocycles. The number of nitrogens with one attached hydrogen (secondary N) is 1. The first-order valence-electron chi connectivity index (χ1n) is 6.48. The molecule has 1 aromatic rings. The number of hydrogen-bond acceptors (Lipinski definition) is 4. The maximum Gasteiger partial charge on any atom is 0.0590 e. The van der Waals surface area contributed by atoms with Crippen molar-refractivity contribution in [1.82, 2.24) is 5.43 Å². The summed E-state index contributed by atoms with van der Waals surface area (Å²) in [6, 6.07) is 4.67. The first-order chi connectivity index (χ1) is 8.38. The van der Waals surface area contributed by atoms with Gasteiger partial charge in [0.05, 0.1) is 6.10 Å². The third kappa shape index (κ3) is 4.39. The topological polar surface area (TPSA) is 47.3 Å². The van der Waals surface area contributed by atoms with Gasteiger partial charge in [-0.15, -0.1) is 11.3 Å². The molecule has 2 heterocycles. The van der Waals surface area contributed by atoms with Crippen LogP contribution in [0.1, 0.15) is 37.0 Å². The minimum Gasteiger partial charge on any atom is -0.378 e. The van der Waals surface area contributed by atoms with Crippen molar-refractivity contribution in [3.63, 3.8) is 0 Å². The molecule has 0 spiro atoms. The van der Waals surface area contributed by atoms with Gasteiger partial charge in [0.2, 0.25) is 0 Å². The monoisotopic (exact) mass is 254 g/mol. The second kappa shape index (κ2) is 7.11. The predicted octanol–water partition coefficient (Wildman–Crippen LogP) is 2.47. The summed E-state index contributed by atoms with van der Waals surface area (Å²) in [5, 5.41) is 2.13. The first kappa shape index (κ1) is 13.0. The molecule has 4 heteroatoms. The fourth-order valence-electron chi connectivity index (χ4n) is 2.35. The third-order valence-corrected chi connectivity index (χ3v) is 4.31. The van der Waals surface area contributed by atoms with E-state index in [-0.39, 0.29) is 0 Å². The highest BCUT2D eigenvalue weighted by Crippen LogP contribution is 2.19. The number of hydrogen-bond donors (Lipinski definition) is 2. The van der Waals surface area contributed by atoms with Crippen molar-refractivity contribution in [2.75, 3.05) is 6.61 Å². The van der Waals surface area contributed by atoms with Crippen molar-refractivity contribution < 1.29 is 4.74 Å². The summed E-state index contributed by atoms with van der Waals surface area (Å²) < 4.78 is 5.75. The van der Waals surface area contributed by atoms with Gasteiger partial charge < -0.3 is 4.74 Å². The summed E-state index contributed by atoms with van der Waals surface area (Å²) >= 11 is 1.82. The van der Waals surface area contributed by atoms with E-state index in [1.807, 2.05) is 11.3 Å². The van der Waals surface area contributed by atoms with Crippen LogP contribution in [-0.4, -0.2) is 18.8 Å². The highest BCUT2D eigenvalue weighted by atomic mass is 32.1. The zero-order chi connectivity index (χ0) is 11.9. The van der Waals surface area contributed by atoms with E-state index in [0.717, 1.165) is 25.9 Å². The van der Waals surface area contributed by atoms with Crippen LogP contribution in [-0.2, 0) is 11.2 Å². The van der Waals surface area contributed by atoms with Gasteiger partial charge in [-0.1, -0.05) is 6.07 Å². The molecule has 2 rings (SSSR count). The highest BCUT2D eigenvalue weighted by molar-refractivity contribution is 7.09. The second-order valence-corrected chi connectivity index (χ2v) is 5.74. The van der Waals surface area contributed by atoms with Crippen molar-refractivity contribution in [2.45, 2.75) is 50.7 Å². The molecule has 1 saturated heterocycles.